The smallest absolute Gasteiger partial charge is 0.336 e. The largest absolute Gasteiger partial charge is 0.481 e. The Labute approximate surface area is 80.2 Å². The summed E-state index contributed by atoms with van der Waals surface area (Å²) >= 11 is 0. The molecule has 0 radical (unpaired) electrons. The summed E-state index contributed by atoms with van der Waals surface area (Å²) in [7, 11) is 0. The molecule has 0 heterocycles. The summed E-state index contributed by atoms with van der Waals surface area (Å²) in [5, 5.41) is 26.3. The molecule has 0 unspecified atom stereocenters. The number of aliphatic carboxylic acids is 2. The van der Waals surface area contributed by atoms with Crippen LogP contribution in [0.5, 0.6) is 0 Å². The SMILES string of the molecule is CC(=O)C[C@@](O)(CCC(=O)O)C(=O)O. The van der Waals surface area contributed by atoms with Crippen molar-refractivity contribution >= 4 is 17.7 Å². The molecule has 0 aromatic carbocycles. The molecular formula is C8H12O6. The zero-order chi connectivity index (χ0) is 11.4. The Morgan fingerprint density at radius 2 is 1.71 bits per heavy atom. The second-order valence-electron chi connectivity index (χ2n) is 3.11. The summed E-state index contributed by atoms with van der Waals surface area (Å²) in [5.41, 5.74) is -2.26. The number of carbonyl (C=O) groups excluding carboxylic acids is 1. The van der Waals surface area contributed by atoms with Gasteiger partial charge in [0, 0.05) is 12.8 Å². The Morgan fingerprint density at radius 3 is 2.00 bits per heavy atom. The van der Waals surface area contributed by atoms with Gasteiger partial charge in [-0.2, -0.15) is 0 Å². The van der Waals surface area contributed by atoms with Gasteiger partial charge >= 0.3 is 11.9 Å². The predicted octanol–water partition coefficient (Wildman–Crippen LogP) is -0.354. The molecule has 0 aliphatic heterocycles. The average Bonchev–Trinajstić information content (AvgIpc) is 1.99. The molecule has 0 amide bonds. The lowest BCUT2D eigenvalue weighted by molar-refractivity contribution is -0.163. The molecule has 0 bridgehead atoms. The van der Waals surface area contributed by atoms with Crippen LogP contribution >= 0.6 is 0 Å². The number of carboxylic acids is 2. The van der Waals surface area contributed by atoms with Gasteiger partial charge in [-0.25, -0.2) is 4.79 Å². The first kappa shape index (κ1) is 12.6. The fraction of sp³-hybridized carbons (Fsp3) is 0.625. The van der Waals surface area contributed by atoms with E-state index in [-0.39, 0.29) is 0 Å². The van der Waals surface area contributed by atoms with E-state index < -0.39 is 42.6 Å². The summed E-state index contributed by atoms with van der Waals surface area (Å²) < 4.78 is 0. The van der Waals surface area contributed by atoms with Crippen molar-refractivity contribution < 1.29 is 29.7 Å². The highest BCUT2D eigenvalue weighted by Gasteiger charge is 2.37. The lowest BCUT2D eigenvalue weighted by Crippen LogP contribution is -2.40. The third-order valence-electron chi connectivity index (χ3n) is 1.69. The quantitative estimate of drug-likeness (QED) is 0.545. The number of carbonyl (C=O) groups is 3. The summed E-state index contributed by atoms with van der Waals surface area (Å²) in [6.45, 7) is 1.13. The van der Waals surface area contributed by atoms with E-state index in [4.69, 9.17) is 10.2 Å². The van der Waals surface area contributed by atoms with E-state index in [0.29, 0.717) is 0 Å². The van der Waals surface area contributed by atoms with Crippen molar-refractivity contribution in [1.29, 1.82) is 0 Å². The fourth-order valence-corrected chi connectivity index (χ4v) is 0.996. The van der Waals surface area contributed by atoms with Crippen molar-refractivity contribution in [3.63, 3.8) is 0 Å². The van der Waals surface area contributed by atoms with Crippen molar-refractivity contribution in [2.24, 2.45) is 0 Å². The van der Waals surface area contributed by atoms with Gasteiger partial charge < -0.3 is 15.3 Å². The van der Waals surface area contributed by atoms with E-state index in [1.165, 1.54) is 0 Å². The van der Waals surface area contributed by atoms with Crippen LogP contribution in [0.1, 0.15) is 26.2 Å². The standard InChI is InChI=1S/C8H12O6/c1-5(9)4-8(14,7(12)13)3-2-6(10)11/h14H,2-4H2,1H3,(H,10,11)(H,12,13)/t8-/m0/s1. The molecule has 6 heteroatoms. The van der Waals surface area contributed by atoms with Crippen LogP contribution in [-0.2, 0) is 14.4 Å². The minimum absolute atomic E-state index is 0.475. The summed E-state index contributed by atoms with van der Waals surface area (Å²) in [4.78, 5) is 31.4. The van der Waals surface area contributed by atoms with Gasteiger partial charge in [-0.1, -0.05) is 0 Å². The highest BCUT2D eigenvalue weighted by Crippen LogP contribution is 2.18. The lowest BCUT2D eigenvalue weighted by atomic mass is 9.92. The molecule has 0 fully saturated rings. The van der Waals surface area contributed by atoms with Gasteiger partial charge in [-0.05, 0) is 13.3 Å². The molecule has 0 aliphatic rings. The fourth-order valence-electron chi connectivity index (χ4n) is 0.996. The van der Waals surface area contributed by atoms with E-state index in [1.54, 1.807) is 0 Å². The van der Waals surface area contributed by atoms with Crippen molar-refractivity contribution in [2.45, 2.75) is 31.8 Å². The van der Waals surface area contributed by atoms with Crippen molar-refractivity contribution in [3.05, 3.63) is 0 Å². The average molecular weight is 204 g/mol. The molecule has 6 nitrogen and oxygen atoms in total. The Balaban J connectivity index is 4.47. The van der Waals surface area contributed by atoms with Crippen LogP contribution in [0.15, 0.2) is 0 Å². The first-order chi connectivity index (χ1) is 6.28. The predicted molar refractivity (Wildman–Crippen MR) is 44.8 cm³/mol. The van der Waals surface area contributed by atoms with Crippen LogP contribution < -0.4 is 0 Å². The molecule has 0 spiro atoms. The minimum atomic E-state index is -2.26. The number of ketones is 1. The maximum Gasteiger partial charge on any atom is 0.336 e. The van der Waals surface area contributed by atoms with Gasteiger partial charge in [-0.3, -0.25) is 9.59 Å². The molecule has 80 valence electrons. The van der Waals surface area contributed by atoms with Crippen molar-refractivity contribution in [2.75, 3.05) is 0 Å². The first-order valence-electron chi connectivity index (χ1n) is 3.95. The second-order valence-corrected chi connectivity index (χ2v) is 3.11. The zero-order valence-electron chi connectivity index (χ0n) is 7.69. The topological polar surface area (TPSA) is 112 Å². The number of aliphatic hydroxyl groups is 1. The maximum absolute atomic E-state index is 10.6. The van der Waals surface area contributed by atoms with Crippen molar-refractivity contribution in [3.8, 4) is 0 Å². The van der Waals surface area contributed by atoms with Crippen LogP contribution in [0.25, 0.3) is 0 Å². The highest BCUT2D eigenvalue weighted by molar-refractivity contribution is 5.87. The Hall–Kier alpha value is -1.43. The summed E-state index contributed by atoms with van der Waals surface area (Å²) in [6, 6.07) is 0. The molecule has 0 saturated carbocycles. The summed E-state index contributed by atoms with van der Waals surface area (Å²) in [6.07, 6.45) is -1.54. The van der Waals surface area contributed by atoms with Crippen LogP contribution in [0.2, 0.25) is 0 Å². The third kappa shape index (κ3) is 3.99. The third-order valence-corrected chi connectivity index (χ3v) is 1.69. The highest BCUT2D eigenvalue weighted by atomic mass is 16.4. The molecule has 3 N–H and O–H groups in total. The molecule has 0 rings (SSSR count). The van der Waals surface area contributed by atoms with Gasteiger partial charge in [0.25, 0.3) is 0 Å². The van der Waals surface area contributed by atoms with Gasteiger partial charge in [0.05, 0.1) is 0 Å². The molecule has 0 aliphatic carbocycles. The van der Waals surface area contributed by atoms with Crippen LogP contribution in [0.3, 0.4) is 0 Å². The van der Waals surface area contributed by atoms with E-state index in [9.17, 15) is 19.5 Å². The minimum Gasteiger partial charge on any atom is -0.481 e. The van der Waals surface area contributed by atoms with E-state index in [0.717, 1.165) is 6.92 Å². The number of hydrogen-bond acceptors (Lipinski definition) is 4. The number of Topliss-reactive ketones (excluding diaryl/α,β-unsaturated/α-hetero) is 1. The molecule has 0 aromatic heterocycles. The Bertz CT molecular complexity index is 259. The lowest BCUT2D eigenvalue weighted by Gasteiger charge is -2.20. The van der Waals surface area contributed by atoms with Gasteiger partial charge in [0.2, 0.25) is 0 Å². The normalized spacial score (nSPS) is 14.4. The van der Waals surface area contributed by atoms with Gasteiger partial charge in [-0.15, -0.1) is 0 Å². The van der Waals surface area contributed by atoms with Gasteiger partial charge in [0.1, 0.15) is 5.78 Å². The Morgan fingerprint density at radius 1 is 1.21 bits per heavy atom. The van der Waals surface area contributed by atoms with E-state index >= 15 is 0 Å². The number of carboxylic acid groups (broad SMARTS) is 2. The maximum atomic E-state index is 10.6. The number of rotatable bonds is 6. The first-order valence-corrected chi connectivity index (χ1v) is 3.95. The molecule has 0 aromatic rings. The Kier molecular flexibility index (Phi) is 4.23. The van der Waals surface area contributed by atoms with Crippen LogP contribution in [0.4, 0.5) is 0 Å². The zero-order valence-corrected chi connectivity index (χ0v) is 7.69. The van der Waals surface area contributed by atoms with Crippen LogP contribution in [-0.4, -0.2) is 38.6 Å². The van der Waals surface area contributed by atoms with E-state index in [2.05, 4.69) is 0 Å². The van der Waals surface area contributed by atoms with Crippen molar-refractivity contribution in [1.82, 2.24) is 0 Å². The molecule has 14 heavy (non-hydrogen) atoms. The monoisotopic (exact) mass is 204 g/mol. The summed E-state index contributed by atoms with van der Waals surface area (Å²) in [5.74, 6) is -3.29. The molecular weight excluding hydrogens is 192 g/mol. The second kappa shape index (κ2) is 4.71. The molecule has 1 atom stereocenters. The van der Waals surface area contributed by atoms with Crippen LogP contribution in [0, 0.1) is 0 Å². The van der Waals surface area contributed by atoms with E-state index in [1.807, 2.05) is 0 Å². The van der Waals surface area contributed by atoms with Gasteiger partial charge in [0.15, 0.2) is 5.60 Å². The number of hydrogen-bond donors (Lipinski definition) is 3. The molecule has 0 saturated heterocycles.